The van der Waals surface area contributed by atoms with Crippen molar-refractivity contribution in [2.24, 2.45) is 5.73 Å². The molecule has 0 heterocycles. The third-order valence-corrected chi connectivity index (χ3v) is 2.55. The van der Waals surface area contributed by atoms with Crippen LogP contribution in [0.1, 0.15) is 12.8 Å². The van der Waals surface area contributed by atoms with Crippen molar-refractivity contribution in [3.63, 3.8) is 0 Å². The van der Waals surface area contributed by atoms with Gasteiger partial charge in [0.15, 0.2) is 11.6 Å². The first-order chi connectivity index (χ1) is 8.04. The maximum absolute atomic E-state index is 13.1. The van der Waals surface area contributed by atoms with Crippen molar-refractivity contribution in [1.29, 1.82) is 0 Å². The summed E-state index contributed by atoms with van der Waals surface area (Å²) >= 11 is 0. The molecule has 7 heteroatoms. The van der Waals surface area contributed by atoms with Crippen LogP contribution in [0.15, 0.2) is 18.2 Å². The number of halogens is 4. The third kappa shape index (κ3) is 3.68. The van der Waals surface area contributed by atoms with Crippen LogP contribution in [-0.4, -0.2) is 18.8 Å². The largest absolute Gasteiger partial charge is 0.490 e. The summed E-state index contributed by atoms with van der Waals surface area (Å²) in [6.07, 6.45) is 1.39. The Morgan fingerprint density at radius 3 is 2.50 bits per heavy atom. The maximum atomic E-state index is 13.1. The van der Waals surface area contributed by atoms with E-state index in [0.717, 1.165) is 12.1 Å². The minimum absolute atomic E-state index is 0. The molecule has 0 radical (unpaired) electrons. The van der Waals surface area contributed by atoms with Crippen molar-refractivity contribution in [2.75, 3.05) is 0 Å². The van der Waals surface area contributed by atoms with Gasteiger partial charge in [-0.1, -0.05) is 0 Å². The highest BCUT2D eigenvalue weighted by atomic mass is 35.5. The van der Waals surface area contributed by atoms with E-state index in [2.05, 4.69) is 4.74 Å². The molecule has 0 saturated heterocycles. The van der Waals surface area contributed by atoms with E-state index in [1.165, 1.54) is 6.07 Å². The lowest BCUT2D eigenvalue weighted by Crippen LogP contribution is -2.43. The van der Waals surface area contributed by atoms with Crippen molar-refractivity contribution in [3.05, 3.63) is 24.0 Å². The Morgan fingerprint density at radius 2 is 1.94 bits per heavy atom. The third-order valence-electron chi connectivity index (χ3n) is 2.55. The van der Waals surface area contributed by atoms with Crippen LogP contribution >= 0.6 is 12.4 Å². The summed E-state index contributed by atoms with van der Waals surface area (Å²) in [4.78, 5) is 0. The number of hydrogen-bond acceptors (Lipinski definition) is 3. The Morgan fingerprint density at radius 1 is 1.28 bits per heavy atom. The van der Waals surface area contributed by atoms with Crippen molar-refractivity contribution >= 4 is 12.4 Å². The highest BCUT2D eigenvalue weighted by molar-refractivity contribution is 5.85. The monoisotopic (exact) mass is 283 g/mol. The van der Waals surface area contributed by atoms with E-state index in [-0.39, 0.29) is 24.6 Å². The van der Waals surface area contributed by atoms with Gasteiger partial charge in [0.05, 0.1) is 0 Å². The van der Waals surface area contributed by atoms with E-state index in [0.29, 0.717) is 18.6 Å². The molecule has 3 nitrogen and oxygen atoms in total. The van der Waals surface area contributed by atoms with Crippen molar-refractivity contribution in [3.8, 4) is 11.5 Å². The number of nitrogens with two attached hydrogens (primary N) is 1. The molecule has 0 spiro atoms. The van der Waals surface area contributed by atoms with Gasteiger partial charge in [-0.15, -0.1) is 12.4 Å². The molecule has 0 aromatic heterocycles. The lowest BCUT2D eigenvalue weighted by molar-refractivity contribution is -0.0523. The average Bonchev–Trinajstić information content (AvgIpc) is 2.20. The fourth-order valence-corrected chi connectivity index (χ4v) is 1.64. The Balaban J connectivity index is 0.00000162. The van der Waals surface area contributed by atoms with Crippen LogP contribution in [-0.2, 0) is 0 Å². The molecule has 102 valence electrons. The second-order valence-electron chi connectivity index (χ2n) is 3.94. The first kappa shape index (κ1) is 14.9. The van der Waals surface area contributed by atoms with Gasteiger partial charge in [-0.3, -0.25) is 0 Å². The summed E-state index contributed by atoms with van der Waals surface area (Å²) in [6, 6.07) is 3.64. The zero-order valence-corrected chi connectivity index (χ0v) is 10.1. The molecule has 1 saturated carbocycles. The van der Waals surface area contributed by atoms with Crippen LogP contribution in [0.4, 0.5) is 13.2 Å². The lowest BCUT2D eigenvalue weighted by atomic mass is 9.90. The summed E-state index contributed by atoms with van der Waals surface area (Å²) in [5.74, 6) is -1.05. The van der Waals surface area contributed by atoms with Crippen LogP contribution < -0.4 is 15.2 Å². The molecule has 0 bridgehead atoms. The predicted octanol–water partition coefficient (Wildman–Crippen LogP) is 2.72. The van der Waals surface area contributed by atoms with Gasteiger partial charge in [0.2, 0.25) is 0 Å². The topological polar surface area (TPSA) is 44.5 Å². The van der Waals surface area contributed by atoms with Gasteiger partial charge in [-0.2, -0.15) is 8.78 Å². The molecule has 18 heavy (non-hydrogen) atoms. The zero-order chi connectivity index (χ0) is 12.4. The molecule has 0 aliphatic heterocycles. The number of ether oxygens (including phenoxy) is 2. The van der Waals surface area contributed by atoms with Gasteiger partial charge in [-0.05, 0) is 25.0 Å². The van der Waals surface area contributed by atoms with E-state index in [1.807, 2.05) is 0 Å². The summed E-state index contributed by atoms with van der Waals surface area (Å²) in [5, 5.41) is 0. The van der Waals surface area contributed by atoms with Gasteiger partial charge in [0.1, 0.15) is 11.9 Å². The molecular weight excluding hydrogens is 271 g/mol. The molecule has 0 unspecified atom stereocenters. The quantitative estimate of drug-likeness (QED) is 0.924. The van der Waals surface area contributed by atoms with E-state index >= 15 is 0 Å². The summed E-state index contributed by atoms with van der Waals surface area (Å²) in [6.45, 7) is -3.06. The molecule has 1 aliphatic carbocycles. The Bertz CT molecular complexity index is 400. The standard InChI is InChI=1S/C11H12F3NO2.ClH/c12-9-2-1-7(5-10(9)17-11(13)14)16-8-3-6(15)4-8;/h1-2,5-6,8,11H,3-4,15H2;1H. The zero-order valence-electron chi connectivity index (χ0n) is 9.31. The summed E-state index contributed by atoms with van der Waals surface area (Å²) in [5.41, 5.74) is 5.58. The molecule has 0 amide bonds. The number of alkyl halides is 2. The molecular formula is C11H13ClF3NO2. The van der Waals surface area contributed by atoms with Gasteiger partial charge in [0, 0.05) is 12.1 Å². The lowest BCUT2D eigenvalue weighted by Gasteiger charge is -2.32. The Kier molecular flexibility index (Phi) is 5.10. The van der Waals surface area contributed by atoms with Gasteiger partial charge < -0.3 is 15.2 Å². The molecule has 0 atom stereocenters. The van der Waals surface area contributed by atoms with Crippen LogP contribution in [0.2, 0.25) is 0 Å². The molecule has 2 N–H and O–H groups in total. The van der Waals surface area contributed by atoms with Gasteiger partial charge >= 0.3 is 6.61 Å². The van der Waals surface area contributed by atoms with E-state index in [1.54, 1.807) is 0 Å². The number of hydrogen-bond donors (Lipinski definition) is 1. The Hall–Kier alpha value is -1.14. The second kappa shape index (κ2) is 6.15. The minimum atomic E-state index is -3.06. The van der Waals surface area contributed by atoms with Crippen LogP contribution in [0.3, 0.4) is 0 Å². The number of benzene rings is 1. The van der Waals surface area contributed by atoms with Gasteiger partial charge in [0.25, 0.3) is 0 Å². The highest BCUT2D eigenvalue weighted by Gasteiger charge is 2.27. The van der Waals surface area contributed by atoms with Crippen LogP contribution in [0.5, 0.6) is 11.5 Å². The smallest absolute Gasteiger partial charge is 0.387 e. The van der Waals surface area contributed by atoms with Crippen molar-refractivity contribution < 1.29 is 22.6 Å². The summed E-state index contributed by atoms with van der Waals surface area (Å²) < 4.78 is 46.5. The number of rotatable bonds is 4. The van der Waals surface area contributed by atoms with Crippen LogP contribution in [0, 0.1) is 5.82 Å². The molecule has 1 aromatic rings. The van der Waals surface area contributed by atoms with Crippen molar-refractivity contribution in [1.82, 2.24) is 0 Å². The normalized spacial score (nSPS) is 22.1. The Labute approximate surface area is 108 Å². The first-order valence-corrected chi connectivity index (χ1v) is 5.21. The SMILES string of the molecule is Cl.NC1CC(Oc2ccc(F)c(OC(F)F)c2)C1. The maximum Gasteiger partial charge on any atom is 0.387 e. The predicted molar refractivity (Wildman–Crippen MR) is 61.9 cm³/mol. The second-order valence-corrected chi connectivity index (χ2v) is 3.94. The molecule has 1 aliphatic rings. The molecule has 2 rings (SSSR count). The van der Waals surface area contributed by atoms with Crippen LogP contribution in [0.25, 0.3) is 0 Å². The minimum Gasteiger partial charge on any atom is -0.490 e. The fraction of sp³-hybridized carbons (Fsp3) is 0.455. The van der Waals surface area contributed by atoms with E-state index in [9.17, 15) is 13.2 Å². The average molecular weight is 284 g/mol. The van der Waals surface area contributed by atoms with Gasteiger partial charge in [-0.25, -0.2) is 4.39 Å². The first-order valence-electron chi connectivity index (χ1n) is 5.21. The summed E-state index contributed by atoms with van der Waals surface area (Å²) in [7, 11) is 0. The van der Waals surface area contributed by atoms with E-state index in [4.69, 9.17) is 10.5 Å². The molecule has 1 fully saturated rings. The van der Waals surface area contributed by atoms with Crippen molar-refractivity contribution in [2.45, 2.75) is 31.6 Å². The highest BCUT2D eigenvalue weighted by Crippen LogP contribution is 2.29. The molecule has 1 aromatic carbocycles. The van der Waals surface area contributed by atoms with E-state index < -0.39 is 18.2 Å². The fourth-order valence-electron chi connectivity index (χ4n) is 1.64.